The summed E-state index contributed by atoms with van der Waals surface area (Å²) in [5.41, 5.74) is -0.426. The van der Waals surface area contributed by atoms with Crippen molar-refractivity contribution < 1.29 is 14.3 Å². The molecule has 2 saturated carbocycles. The molecule has 78 valence electrons. The molecule has 0 heterocycles. The SMILES string of the molecule is CCOC(=O)C1(C(C)=O)CC2(CC2)C1. The Labute approximate surface area is 83.8 Å². The van der Waals surface area contributed by atoms with Crippen molar-refractivity contribution in [2.24, 2.45) is 10.8 Å². The molecule has 0 radical (unpaired) electrons. The highest BCUT2D eigenvalue weighted by Gasteiger charge is 2.67. The van der Waals surface area contributed by atoms with E-state index in [1.165, 1.54) is 19.8 Å². The molecule has 3 heteroatoms. The summed E-state index contributed by atoms with van der Waals surface area (Å²) in [5, 5.41) is 0. The van der Waals surface area contributed by atoms with Crippen LogP contribution in [0.4, 0.5) is 0 Å². The van der Waals surface area contributed by atoms with E-state index in [1.54, 1.807) is 6.92 Å². The zero-order valence-electron chi connectivity index (χ0n) is 8.76. The summed E-state index contributed by atoms with van der Waals surface area (Å²) in [6.45, 7) is 3.64. The number of hydrogen-bond acceptors (Lipinski definition) is 3. The van der Waals surface area contributed by atoms with Gasteiger partial charge in [-0.25, -0.2) is 0 Å². The fourth-order valence-electron chi connectivity index (χ4n) is 2.57. The number of rotatable bonds is 3. The quantitative estimate of drug-likeness (QED) is 0.509. The Kier molecular flexibility index (Phi) is 1.95. The molecule has 2 aliphatic rings. The van der Waals surface area contributed by atoms with Crippen LogP contribution in [0.5, 0.6) is 0 Å². The van der Waals surface area contributed by atoms with E-state index >= 15 is 0 Å². The Hall–Kier alpha value is -0.860. The number of carbonyl (C=O) groups excluding carboxylic acids is 2. The van der Waals surface area contributed by atoms with Crippen molar-refractivity contribution in [3.63, 3.8) is 0 Å². The number of carbonyl (C=O) groups is 2. The molecule has 0 bridgehead atoms. The Balaban J connectivity index is 2.09. The van der Waals surface area contributed by atoms with Gasteiger partial charge in [-0.15, -0.1) is 0 Å². The molecule has 0 amide bonds. The number of Topliss-reactive ketones (excluding diaryl/α,β-unsaturated/α-hetero) is 1. The Morgan fingerprint density at radius 1 is 1.29 bits per heavy atom. The van der Waals surface area contributed by atoms with E-state index in [4.69, 9.17) is 4.74 Å². The van der Waals surface area contributed by atoms with E-state index in [2.05, 4.69) is 0 Å². The number of esters is 1. The van der Waals surface area contributed by atoms with Crippen LogP contribution in [0.15, 0.2) is 0 Å². The lowest BCUT2D eigenvalue weighted by molar-refractivity contribution is -0.170. The van der Waals surface area contributed by atoms with Gasteiger partial charge < -0.3 is 4.74 Å². The maximum Gasteiger partial charge on any atom is 0.319 e. The first-order valence-corrected chi connectivity index (χ1v) is 5.23. The molecule has 0 atom stereocenters. The van der Waals surface area contributed by atoms with Gasteiger partial charge in [0.2, 0.25) is 0 Å². The molecule has 2 aliphatic carbocycles. The highest BCUT2D eigenvalue weighted by Crippen LogP contribution is 2.69. The molecule has 0 aromatic rings. The first-order chi connectivity index (χ1) is 6.55. The summed E-state index contributed by atoms with van der Waals surface area (Å²) < 4.78 is 4.97. The van der Waals surface area contributed by atoms with Crippen molar-refractivity contribution in [1.82, 2.24) is 0 Å². The molecule has 0 aromatic carbocycles. The van der Waals surface area contributed by atoms with Crippen LogP contribution >= 0.6 is 0 Å². The molecule has 0 aromatic heterocycles. The zero-order valence-corrected chi connectivity index (χ0v) is 8.76. The van der Waals surface area contributed by atoms with Crippen LogP contribution in [0.2, 0.25) is 0 Å². The predicted octanol–water partition coefficient (Wildman–Crippen LogP) is 1.70. The summed E-state index contributed by atoms with van der Waals surface area (Å²) in [4.78, 5) is 23.1. The number of ketones is 1. The van der Waals surface area contributed by atoms with Gasteiger partial charge in [-0.3, -0.25) is 9.59 Å². The molecule has 0 saturated heterocycles. The largest absolute Gasteiger partial charge is 0.465 e. The van der Waals surface area contributed by atoms with Crippen LogP contribution in [0.25, 0.3) is 0 Å². The minimum atomic E-state index is -0.771. The van der Waals surface area contributed by atoms with Gasteiger partial charge in [0.25, 0.3) is 0 Å². The summed E-state index contributed by atoms with van der Waals surface area (Å²) in [6.07, 6.45) is 3.82. The van der Waals surface area contributed by atoms with Crippen molar-refractivity contribution in [3.8, 4) is 0 Å². The average molecular weight is 196 g/mol. The van der Waals surface area contributed by atoms with E-state index in [1.807, 2.05) is 0 Å². The van der Waals surface area contributed by atoms with Crippen molar-refractivity contribution in [2.45, 2.75) is 39.5 Å². The minimum absolute atomic E-state index is 0.0199. The molecular weight excluding hydrogens is 180 g/mol. The van der Waals surface area contributed by atoms with Gasteiger partial charge in [0.1, 0.15) is 11.2 Å². The lowest BCUT2D eigenvalue weighted by atomic mass is 9.57. The maximum atomic E-state index is 11.7. The topological polar surface area (TPSA) is 43.4 Å². The molecule has 1 spiro atoms. The van der Waals surface area contributed by atoms with Gasteiger partial charge in [0, 0.05) is 0 Å². The molecule has 0 N–H and O–H groups in total. The van der Waals surface area contributed by atoms with E-state index in [0.29, 0.717) is 12.0 Å². The van der Waals surface area contributed by atoms with Crippen molar-refractivity contribution >= 4 is 11.8 Å². The van der Waals surface area contributed by atoms with Crippen LogP contribution in [0.1, 0.15) is 39.5 Å². The first-order valence-electron chi connectivity index (χ1n) is 5.23. The van der Waals surface area contributed by atoms with Crippen molar-refractivity contribution in [2.75, 3.05) is 6.61 Å². The summed E-state index contributed by atoms with van der Waals surface area (Å²) in [7, 11) is 0. The van der Waals surface area contributed by atoms with E-state index in [0.717, 1.165) is 12.8 Å². The molecule has 0 aliphatic heterocycles. The average Bonchev–Trinajstić information content (AvgIpc) is 2.79. The maximum absolute atomic E-state index is 11.7. The predicted molar refractivity (Wildman–Crippen MR) is 50.6 cm³/mol. The molecule has 0 unspecified atom stereocenters. The fraction of sp³-hybridized carbons (Fsp3) is 0.818. The van der Waals surface area contributed by atoms with Crippen LogP contribution < -0.4 is 0 Å². The first kappa shape index (κ1) is 9.69. The van der Waals surface area contributed by atoms with Crippen LogP contribution in [-0.2, 0) is 14.3 Å². The third-order valence-corrected chi connectivity index (χ3v) is 3.65. The lowest BCUT2D eigenvalue weighted by Gasteiger charge is -2.44. The molecule has 2 fully saturated rings. The highest BCUT2D eigenvalue weighted by atomic mass is 16.5. The second-order valence-corrected chi connectivity index (χ2v) is 4.71. The van der Waals surface area contributed by atoms with Gasteiger partial charge in [-0.05, 0) is 44.9 Å². The van der Waals surface area contributed by atoms with Gasteiger partial charge in [0.15, 0.2) is 0 Å². The smallest absolute Gasteiger partial charge is 0.319 e. The Morgan fingerprint density at radius 2 is 1.86 bits per heavy atom. The third kappa shape index (κ3) is 1.18. The molecule has 14 heavy (non-hydrogen) atoms. The monoisotopic (exact) mass is 196 g/mol. The lowest BCUT2D eigenvalue weighted by Crippen LogP contribution is -2.51. The summed E-state index contributed by atoms with van der Waals surface area (Å²) in [6, 6.07) is 0. The normalized spacial score (nSPS) is 25.3. The van der Waals surface area contributed by atoms with E-state index < -0.39 is 5.41 Å². The standard InChI is InChI=1S/C11H16O3/c1-3-14-9(13)11(8(2)12)6-10(7-11)4-5-10/h3-7H2,1-2H3. The van der Waals surface area contributed by atoms with Crippen LogP contribution in [-0.4, -0.2) is 18.4 Å². The molecular formula is C11H16O3. The Morgan fingerprint density at radius 3 is 2.21 bits per heavy atom. The van der Waals surface area contributed by atoms with E-state index in [9.17, 15) is 9.59 Å². The number of ether oxygens (including phenoxy) is 1. The molecule has 2 rings (SSSR count). The second-order valence-electron chi connectivity index (χ2n) is 4.71. The second kappa shape index (κ2) is 2.81. The van der Waals surface area contributed by atoms with Crippen LogP contribution in [0, 0.1) is 10.8 Å². The van der Waals surface area contributed by atoms with Crippen molar-refractivity contribution in [1.29, 1.82) is 0 Å². The number of hydrogen-bond donors (Lipinski definition) is 0. The van der Waals surface area contributed by atoms with Crippen molar-refractivity contribution in [3.05, 3.63) is 0 Å². The van der Waals surface area contributed by atoms with Crippen LogP contribution in [0.3, 0.4) is 0 Å². The Bertz CT molecular complexity index is 281. The molecule has 3 nitrogen and oxygen atoms in total. The minimum Gasteiger partial charge on any atom is -0.465 e. The van der Waals surface area contributed by atoms with Gasteiger partial charge in [0.05, 0.1) is 6.61 Å². The zero-order chi connectivity index (χ0) is 10.4. The summed E-state index contributed by atoms with van der Waals surface area (Å²) >= 11 is 0. The summed E-state index contributed by atoms with van der Waals surface area (Å²) in [5.74, 6) is -0.321. The van der Waals surface area contributed by atoms with Gasteiger partial charge >= 0.3 is 5.97 Å². The van der Waals surface area contributed by atoms with Gasteiger partial charge in [-0.2, -0.15) is 0 Å². The fourth-order valence-corrected chi connectivity index (χ4v) is 2.57. The third-order valence-electron chi connectivity index (χ3n) is 3.65. The highest BCUT2D eigenvalue weighted by molar-refractivity contribution is 6.04. The van der Waals surface area contributed by atoms with Gasteiger partial charge in [-0.1, -0.05) is 0 Å². The van der Waals surface area contributed by atoms with E-state index in [-0.39, 0.29) is 11.8 Å².